The van der Waals surface area contributed by atoms with E-state index >= 15 is 0 Å². The molecule has 2 heterocycles. The molecule has 0 atom stereocenters. The molecule has 2 aromatic heterocycles. The summed E-state index contributed by atoms with van der Waals surface area (Å²) in [6, 6.07) is 10.3. The van der Waals surface area contributed by atoms with E-state index in [4.69, 9.17) is 0 Å². The van der Waals surface area contributed by atoms with Crippen molar-refractivity contribution >= 4 is 38.6 Å². The van der Waals surface area contributed by atoms with Crippen LogP contribution in [0, 0.1) is 0 Å². The second kappa shape index (κ2) is 4.72. The van der Waals surface area contributed by atoms with Crippen LogP contribution in [-0.4, -0.2) is 4.98 Å². The number of thiazole rings is 1. The highest BCUT2D eigenvalue weighted by atomic mass is 79.9. The normalized spacial score (nSPS) is 10.6. The predicted octanol–water partition coefficient (Wildman–Crippen LogP) is 5.30. The van der Waals surface area contributed by atoms with Gasteiger partial charge in [0.1, 0.15) is 5.01 Å². The Kier molecular flexibility index (Phi) is 3.09. The molecular weight excluding hydrogens is 314 g/mol. The molecule has 0 fully saturated rings. The van der Waals surface area contributed by atoms with Crippen LogP contribution in [0.25, 0.3) is 21.8 Å². The van der Waals surface area contributed by atoms with Crippen molar-refractivity contribution in [1.29, 1.82) is 0 Å². The van der Waals surface area contributed by atoms with Crippen LogP contribution in [0.15, 0.2) is 50.9 Å². The van der Waals surface area contributed by atoms with Crippen LogP contribution in [0.5, 0.6) is 0 Å². The van der Waals surface area contributed by atoms with Crippen molar-refractivity contribution in [2.24, 2.45) is 0 Å². The topological polar surface area (TPSA) is 12.9 Å². The van der Waals surface area contributed by atoms with Gasteiger partial charge in [0, 0.05) is 26.4 Å². The van der Waals surface area contributed by atoms with Gasteiger partial charge in [-0.3, -0.25) is 0 Å². The zero-order valence-electron chi connectivity index (χ0n) is 8.76. The van der Waals surface area contributed by atoms with Gasteiger partial charge in [0.05, 0.1) is 5.69 Å². The van der Waals surface area contributed by atoms with E-state index in [9.17, 15) is 0 Å². The van der Waals surface area contributed by atoms with E-state index in [1.807, 2.05) is 18.2 Å². The molecule has 0 saturated carbocycles. The molecule has 0 aliphatic rings. The summed E-state index contributed by atoms with van der Waals surface area (Å²) in [7, 11) is 0. The zero-order chi connectivity index (χ0) is 11.7. The fraction of sp³-hybridized carbons (Fsp3) is 0. The van der Waals surface area contributed by atoms with Crippen LogP contribution in [0.3, 0.4) is 0 Å². The van der Waals surface area contributed by atoms with Gasteiger partial charge in [-0.25, -0.2) is 4.98 Å². The first-order chi connectivity index (χ1) is 8.34. The van der Waals surface area contributed by atoms with Crippen LogP contribution < -0.4 is 0 Å². The maximum Gasteiger partial charge on any atom is 0.124 e. The molecule has 3 aromatic rings. The van der Waals surface area contributed by atoms with Crippen molar-refractivity contribution < 1.29 is 0 Å². The van der Waals surface area contributed by atoms with E-state index in [1.165, 1.54) is 5.56 Å². The van der Waals surface area contributed by atoms with Gasteiger partial charge in [-0.1, -0.05) is 34.1 Å². The summed E-state index contributed by atoms with van der Waals surface area (Å²) in [5.74, 6) is 0. The zero-order valence-corrected chi connectivity index (χ0v) is 12.0. The Morgan fingerprint density at radius 3 is 2.71 bits per heavy atom. The molecule has 0 unspecified atom stereocenters. The third-order valence-corrected chi connectivity index (χ3v) is 4.69. The Balaban J connectivity index is 2.04. The van der Waals surface area contributed by atoms with Crippen molar-refractivity contribution in [2.45, 2.75) is 0 Å². The lowest BCUT2D eigenvalue weighted by molar-refractivity contribution is 1.40. The van der Waals surface area contributed by atoms with Crippen LogP contribution in [-0.2, 0) is 0 Å². The Morgan fingerprint density at radius 1 is 1.06 bits per heavy atom. The van der Waals surface area contributed by atoms with Crippen molar-refractivity contribution in [3.63, 3.8) is 0 Å². The summed E-state index contributed by atoms with van der Waals surface area (Å²) < 4.78 is 1.09. The molecule has 0 aliphatic heterocycles. The molecule has 0 N–H and O–H groups in total. The van der Waals surface area contributed by atoms with Gasteiger partial charge < -0.3 is 0 Å². The monoisotopic (exact) mass is 321 g/mol. The first-order valence-corrected chi connectivity index (χ1v) is 7.69. The molecule has 3 rings (SSSR count). The van der Waals surface area contributed by atoms with Crippen molar-refractivity contribution in [3.8, 4) is 21.8 Å². The largest absolute Gasteiger partial charge is 0.236 e. The minimum absolute atomic E-state index is 1.03. The first-order valence-electron chi connectivity index (χ1n) is 5.07. The van der Waals surface area contributed by atoms with E-state index in [0.29, 0.717) is 0 Å². The lowest BCUT2D eigenvalue weighted by Gasteiger charge is -1.98. The lowest BCUT2D eigenvalue weighted by Crippen LogP contribution is -1.79. The predicted molar refractivity (Wildman–Crippen MR) is 78.6 cm³/mol. The third-order valence-electron chi connectivity index (χ3n) is 2.42. The second-order valence-electron chi connectivity index (χ2n) is 3.53. The summed E-state index contributed by atoms with van der Waals surface area (Å²) in [5, 5.41) is 7.39. The van der Waals surface area contributed by atoms with Crippen LogP contribution in [0.4, 0.5) is 0 Å². The van der Waals surface area contributed by atoms with Gasteiger partial charge in [-0.05, 0) is 17.5 Å². The quantitative estimate of drug-likeness (QED) is 0.624. The standard InChI is InChI=1S/C13H8BrNS2/c14-11-4-2-1-3-10(11)12-8-17-13(15-12)9-5-6-16-7-9/h1-8H. The van der Waals surface area contributed by atoms with Gasteiger partial charge in [-0.15, -0.1) is 11.3 Å². The average Bonchev–Trinajstić information content (AvgIpc) is 3.00. The SMILES string of the molecule is Brc1ccccc1-c1csc(-c2ccsc2)n1. The van der Waals surface area contributed by atoms with Crippen LogP contribution in [0.1, 0.15) is 0 Å². The minimum atomic E-state index is 1.03. The van der Waals surface area contributed by atoms with Crippen molar-refractivity contribution in [1.82, 2.24) is 4.98 Å². The van der Waals surface area contributed by atoms with Gasteiger partial charge in [0.15, 0.2) is 0 Å². The molecule has 1 nitrogen and oxygen atoms in total. The van der Waals surface area contributed by atoms with Crippen molar-refractivity contribution in [2.75, 3.05) is 0 Å². The van der Waals surface area contributed by atoms with Gasteiger partial charge in [0.2, 0.25) is 0 Å². The number of halogens is 1. The molecule has 0 radical (unpaired) electrons. The molecule has 0 amide bonds. The molecule has 0 spiro atoms. The average molecular weight is 322 g/mol. The summed E-state index contributed by atoms with van der Waals surface area (Å²) in [6.07, 6.45) is 0. The highest BCUT2D eigenvalue weighted by molar-refractivity contribution is 9.10. The Labute approximate surface area is 116 Å². The van der Waals surface area contributed by atoms with Crippen molar-refractivity contribution in [3.05, 3.63) is 50.9 Å². The summed E-state index contributed by atoms with van der Waals surface area (Å²) in [4.78, 5) is 4.68. The highest BCUT2D eigenvalue weighted by Gasteiger charge is 2.08. The number of hydrogen-bond donors (Lipinski definition) is 0. The molecule has 4 heteroatoms. The Hall–Kier alpha value is -0.970. The molecule has 17 heavy (non-hydrogen) atoms. The summed E-state index contributed by atoms with van der Waals surface area (Å²) >= 11 is 6.94. The van der Waals surface area contributed by atoms with E-state index in [1.54, 1.807) is 22.7 Å². The molecular formula is C13H8BrNS2. The summed E-state index contributed by atoms with van der Waals surface area (Å²) in [6.45, 7) is 0. The first kappa shape index (κ1) is 11.1. The number of aromatic nitrogens is 1. The number of rotatable bonds is 2. The third kappa shape index (κ3) is 2.20. The molecule has 84 valence electrons. The second-order valence-corrected chi connectivity index (χ2v) is 6.02. The van der Waals surface area contributed by atoms with Crippen LogP contribution in [0.2, 0.25) is 0 Å². The minimum Gasteiger partial charge on any atom is -0.236 e. The lowest BCUT2D eigenvalue weighted by atomic mass is 10.2. The Morgan fingerprint density at radius 2 is 1.94 bits per heavy atom. The Bertz CT molecular complexity index is 628. The van der Waals surface area contributed by atoms with Crippen LogP contribution >= 0.6 is 38.6 Å². The maximum absolute atomic E-state index is 4.68. The number of hydrogen-bond acceptors (Lipinski definition) is 3. The smallest absolute Gasteiger partial charge is 0.124 e. The number of nitrogens with zero attached hydrogens (tertiary/aromatic N) is 1. The van der Waals surface area contributed by atoms with E-state index in [-0.39, 0.29) is 0 Å². The fourth-order valence-corrected chi connectivity index (χ4v) is 3.61. The molecule has 1 aromatic carbocycles. The molecule has 0 aliphatic carbocycles. The van der Waals surface area contributed by atoms with E-state index in [2.05, 4.69) is 49.2 Å². The molecule has 0 saturated heterocycles. The molecule has 0 bridgehead atoms. The number of benzene rings is 1. The van der Waals surface area contributed by atoms with Gasteiger partial charge in [-0.2, -0.15) is 11.3 Å². The van der Waals surface area contributed by atoms with E-state index < -0.39 is 0 Å². The fourth-order valence-electron chi connectivity index (χ4n) is 1.59. The van der Waals surface area contributed by atoms with E-state index in [0.717, 1.165) is 20.7 Å². The maximum atomic E-state index is 4.68. The highest BCUT2D eigenvalue weighted by Crippen LogP contribution is 2.33. The van der Waals surface area contributed by atoms with Gasteiger partial charge >= 0.3 is 0 Å². The van der Waals surface area contributed by atoms with Gasteiger partial charge in [0.25, 0.3) is 0 Å². The summed E-state index contributed by atoms with van der Waals surface area (Å²) in [5.41, 5.74) is 3.38. The number of thiophene rings is 1.